The predicted octanol–water partition coefficient (Wildman–Crippen LogP) is 1.69. The van der Waals surface area contributed by atoms with E-state index in [0.717, 1.165) is 24.5 Å². The number of benzene rings is 1. The molecule has 2 heterocycles. The van der Waals surface area contributed by atoms with Crippen LogP contribution in [-0.4, -0.2) is 36.8 Å². The Morgan fingerprint density at radius 1 is 1.12 bits per heavy atom. The molecule has 0 amide bonds. The second kappa shape index (κ2) is 7.16. The first kappa shape index (κ1) is 19.1. The number of aryl methyl sites for hydroxylation is 3. The van der Waals surface area contributed by atoms with E-state index in [9.17, 15) is 8.42 Å². The maximum absolute atomic E-state index is 11.8. The van der Waals surface area contributed by atoms with E-state index in [1.807, 2.05) is 11.6 Å². The lowest BCUT2D eigenvalue weighted by molar-refractivity contribution is -0.907. The molecule has 0 spiro atoms. The Morgan fingerprint density at radius 3 is 2.35 bits per heavy atom. The van der Waals surface area contributed by atoms with Crippen molar-refractivity contribution in [2.75, 3.05) is 18.6 Å². The summed E-state index contributed by atoms with van der Waals surface area (Å²) >= 11 is 0. The van der Waals surface area contributed by atoms with Crippen molar-refractivity contribution in [3.8, 4) is 0 Å². The summed E-state index contributed by atoms with van der Waals surface area (Å²) in [5.74, 6) is 0.503. The van der Waals surface area contributed by atoms with Gasteiger partial charge in [0.05, 0.1) is 35.9 Å². The standard InChI is InChI=1S/C20H29N3O2S/c1-14-8-15(2)10-18(9-14)11-22(5)12-20-16(3)21-23(17(20)4)19-6-7-26(24,25)13-19/h8-10,19H,6-7,11-13H2,1-5H3/p+1/t19-/m0/s1. The topological polar surface area (TPSA) is 56.4 Å². The van der Waals surface area contributed by atoms with Crippen molar-refractivity contribution < 1.29 is 13.3 Å². The average molecular weight is 377 g/mol. The molecule has 3 rings (SSSR count). The molecule has 1 fully saturated rings. The normalized spacial score (nSPS) is 20.4. The Balaban J connectivity index is 1.75. The number of hydrogen-bond donors (Lipinski definition) is 1. The molecule has 1 unspecified atom stereocenters. The molecule has 1 aromatic carbocycles. The molecule has 6 heteroatoms. The third-order valence-electron chi connectivity index (χ3n) is 5.30. The zero-order valence-corrected chi connectivity index (χ0v) is 17.3. The van der Waals surface area contributed by atoms with Crippen molar-refractivity contribution >= 4 is 9.84 Å². The molecule has 0 radical (unpaired) electrons. The molecular weight excluding hydrogens is 346 g/mol. The summed E-state index contributed by atoms with van der Waals surface area (Å²) in [7, 11) is -0.700. The number of sulfone groups is 1. The lowest BCUT2D eigenvalue weighted by Crippen LogP contribution is -3.06. The van der Waals surface area contributed by atoms with Crippen molar-refractivity contribution in [3.63, 3.8) is 0 Å². The van der Waals surface area contributed by atoms with Crippen molar-refractivity contribution in [1.29, 1.82) is 0 Å². The highest BCUT2D eigenvalue weighted by atomic mass is 32.2. The number of nitrogens with one attached hydrogen (secondary N) is 1. The van der Waals surface area contributed by atoms with E-state index in [1.165, 1.54) is 27.2 Å². The van der Waals surface area contributed by atoms with Gasteiger partial charge >= 0.3 is 0 Å². The molecule has 1 aliphatic rings. The summed E-state index contributed by atoms with van der Waals surface area (Å²) in [5, 5.41) is 4.68. The lowest BCUT2D eigenvalue weighted by atomic mass is 10.1. The Kier molecular flexibility index (Phi) is 5.26. The van der Waals surface area contributed by atoms with Gasteiger partial charge < -0.3 is 4.90 Å². The SMILES string of the molecule is Cc1cc(C)cc(C[NH+](C)Cc2c(C)nn([C@H]3CCS(=O)(=O)C3)c2C)c1. The zero-order chi connectivity index (χ0) is 19.1. The molecule has 26 heavy (non-hydrogen) atoms. The van der Waals surface area contributed by atoms with E-state index in [4.69, 9.17) is 0 Å². The van der Waals surface area contributed by atoms with Crippen LogP contribution in [0.1, 0.15) is 46.1 Å². The van der Waals surface area contributed by atoms with Crippen LogP contribution in [0, 0.1) is 27.7 Å². The maximum Gasteiger partial charge on any atom is 0.152 e. The third-order valence-corrected chi connectivity index (χ3v) is 7.05. The van der Waals surface area contributed by atoms with Crippen molar-refractivity contribution in [1.82, 2.24) is 9.78 Å². The summed E-state index contributed by atoms with van der Waals surface area (Å²) in [4.78, 5) is 1.40. The average Bonchev–Trinajstić information content (AvgIpc) is 3.00. The Bertz CT molecular complexity index is 895. The number of hydrogen-bond acceptors (Lipinski definition) is 3. The summed E-state index contributed by atoms with van der Waals surface area (Å²) in [6, 6.07) is 6.70. The maximum atomic E-state index is 11.8. The van der Waals surface area contributed by atoms with Crippen LogP contribution in [0.2, 0.25) is 0 Å². The second-order valence-corrected chi connectivity index (χ2v) is 10.2. The van der Waals surface area contributed by atoms with E-state index < -0.39 is 9.84 Å². The summed E-state index contributed by atoms with van der Waals surface area (Å²) < 4.78 is 25.6. The summed E-state index contributed by atoms with van der Waals surface area (Å²) in [6.07, 6.45) is 0.676. The highest BCUT2D eigenvalue weighted by Gasteiger charge is 2.31. The van der Waals surface area contributed by atoms with Gasteiger partial charge in [0.2, 0.25) is 0 Å². The summed E-state index contributed by atoms with van der Waals surface area (Å²) in [6.45, 7) is 10.2. The van der Waals surface area contributed by atoms with Crippen LogP contribution in [0.3, 0.4) is 0 Å². The first-order chi connectivity index (χ1) is 12.1. The van der Waals surface area contributed by atoms with Crippen LogP contribution in [0.25, 0.3) is 0 Å². The van der Waals surface area contributed by atoms with Crippen molar-refractivity contribution in [2.24, 2.45) is 0 Å². The summed E-state index contributed by atoms with van der Waals surface area (Å²) in [5.41, 5.74) is 7.34. The highest BCUT2D eigenvalue weighted by molar-refractivity contribution is 7.91. The fourth-order valence-corrected chi connectivity index (χ4v) is 5.85. The van der Waals surface area contributed by atoms with Gasteiger partial charge in [0.15, 0.2) is 9.84 Å². The number of rotatable bonds is 5. The number of aromatic nitrogens is 2. The number of quaternary nitrogens is 1. The molecule has 0 saturated carbocycles. The van der Waals surface area contributed by atoms with Crippen molar-refractivity contribution in [3.05, 3.63) is 51.8 Å². The van der Waals surface area contributed by atoms with E-state index in [-0.39, 0.29) is 17.5 Å². The van der Waals surface area contributed by atoms with Gasteiger partial charge in [-0.05, 0) is 34.1 Å². The molecule has 142 valence electrons. The van der Waals surface area contributed by atoms with Gasteiger partial charge in [-0.3, -0.25) is 4.68 Å². The van der Waals surface area contributed by atoms with Gasteiger partial charge in [-0.1, -0.05) is 29.3 Å². The van der Waals surface area contributed by atoms with Crippen molar-refractivity contribution in [2.45, 2.75) is 53.2 Å². The van der Waals surface area contributed by atoms with E-state index in [0.29, 0.717) is 6.42 Å². The van der Waals surface area contributed by atoms with Gasteiger partial charge in [-0.25, -0.2) is 8.42 Å². The van der Waals surface area contributed by atoms with Crippen LogP contribution in [0.5, 0.6) is 0 Å². The minimum absolute atomic E-state index is 0.00724. The van der Waals surface area contributed by atoms with Crippen LogP contribution in [0.4, 0.5) is 0 Å². The molecule has 0 bridgehead atoms. The quantitative estimate of drug-likeness (QED) is 0.864. The van der Waals surface area contributed by atoms with Crippen LogP contribution in [0.15, 0.2) is 18.2 Å². The van der Waals surface area contributed by atoms with Gasteiger partial charge in [0.25, 0.3) is 0 Å². The minimum Gasteiger partial charge on any atom is -0.330 e. The Labute approximate surface area is 156 Å². The monoisotopic (exact) mass is 376 g/mol. The molecular formula is C20H30N3O2S+. The Morgan fingerprint density at radius 2 is 1.77 bits per heavy atom. The van der Waals surface area contributed by atoms with Crippen LogP contribution < -0.4 is 4.90 Å². The first-order valence-electron chi connectivity index (χ1n) is 9.28. The molecule has 5 nitrogen and oxygen atoms in total. The van der Waals surface area contributed by atoms with Gasteiger partial charge in [-0.2, -0.15) is 5.10 Å². The zero-order valence-electron chi connectivity index (χ0n) is 16.5. The largest absolute Gasteiger partial charge is 0.330 e. The van der Waals surface area contributed by atoms with Gasteiger partial charge in [-0.15, -0.1) is 0 Å². The Hall–Kier alpha value is -1.66. The third kappa shape index (κ3) is 4.18. The van der Waals surface area contributed by atoms with Gasteiger partial charge in [0, 0.05) is 11.3 Å². The van der Waals surface area contributed by atoms with E-state index in [2.05, 4.69) is 51.1 Å². The molecule has 1 aliphatic heterocycles. The molecule has 2 atom stereocenters. The van der Waals surface area contributed by atoms with Gasteiger partial charge in [0.1, 0.15) is 13.1 Å². The second-order valence-electron chi connectivity index (χ2n) is 7.96. The fraction of sp³-hybridized carbons (Fsp3) is 0.550. The minimum atomic E-state index is -2.90. The van der Waals surface area contributed by atoms with Crippen LogP contribution in [-0.2, 0) is 22.9 Å². The van der Waals surface area contributed by atoms with E-state index >= 15 is 0 Å². The predicted molar refractivity (Wildman–Crippen MR) is 104 cm³/mol. The van der Waals surface area contributed by atoms with Crippen LogP contribution >= 0.6 is 0 Å². The smallest absolute Gasteiger partial charge is 0.152 e. The molecule has 1 aromatic heterocycles. The molecule has 2 aromatic rings. The highest BCUT2D eigenvalue weighted by Crippen LogP contribution is 2.26. The van der Waals surface area contributed by atoms with E-state index in [1.54, 1.807) is 0 Å². The molecule has 1 saturated heterocycles. The lowest BCUT2D eigenvalue weighted by Gasteiger charge is -2.16. The molecule has 0 aliphatic carbocycles. The first-order valence-corrected chi connectivity index (χ1v) is 11.1. The number of nitrogens with zero attached hydrogens (tertiary/aromatic N) is 2. The molecule has 1 N–H and O–H groups in total. The fourth-order valence-electron chi connectivity index (χ4n) is 4.16.